The minimum atomic E-state index is -0.875. The molecule has 1 aromatic heterocycles. The molecular formula is C22H20Cl2N4O2. The topological polar surface area (TPSA) is 75.5 Å². The molecule has 2 N–H and O–H groups in total. The first kappa shape index (κ1) is 21.6. The van der Waals surface area contributed by atoms with Crippen molar-refractivity contribution in [3.05, 3.63) is 81.1 Å². The number of amides is 2. The Morgan fingerprint density at radius 3 is 2.43 bits per heavy atom. The first-order chi connectivity index (χ1) is 14.3. The van der Waals surface area contributed by atoms with E-state index in [1.54, 1.807) is 25.1 Å². The van der Waals surface area contributed by atoms with Gasteiger partial charge in [0.25, 0.3) is 0 Å². The third-order valence-corrected chi connectivity index (χ3v) is 5.13. The van der Waals surface area contributed by atoms with Crippen molar-refractivity contribution in [2.45, 2.75) is 20.8 Å². The van der Waals surface area contributed by atoms with E-state index < -0.39 is 11.8 Å². The number of carbonyl (C=O) groups excluding carboxylic acids is 2. The number of carbonyl (C=O) groups is 2. The van der Waals surface area contributed by atoms with Crippen LogP contribution in [0, 0.1) is 20.8 Å². The minimum absolute atomic E-state index is 0.506. The SMILES string of the molecule is Cc1cc(Cl)ccc1NC(=O)C(=O)N/N=C\c1cc(C)n(-c2ccccc2Cl)c1C. The summed E-state index contributed by atoms with van der Waals surface area (Å²) in [5.74, 6) is -1.69. The number of anilines is 1. The van der Waals surface area contributed by atoms with Crippen LogP contribution in [-0.4, -0.2) is 22.6 Å². The molecule has 2 amide bonds. The first-order valence-electron chi connectivity index (χ1n) is 9.12. The summed E-state index contributed by atoms with van der Waals surface area (Å²) in [5.41, 5.74) is 7.02. The van der Waals surface area contributed by atoms with Crippen molar-refractivity contribution in [1.82, 2.24) is 9.99 Å². The molecule has 6 nitrogen and oxygen atoms in total. The summed E-state index contributed by atoms with van der Waals surface area (Å²) in [5, 5.41) is 7.64. The molecule has 0 fully saturated rings. The fourth-order valence-electron chi connectivity index (χ4n) is 3.08. The van der Waals surface area contributed by atoms with Crippen LogP contribution in [0.15, 0.2) is 53.6 Å². The molecule has 0 saturated carbocycles. The van der Waals surface area contributed by atoms with E-state index in [0.717, 1.165) is 28.2 Å². The van der Waals surface area contributed by atoms with Crippen LogP contribution in [0.2, 0.25) is 10.0 Å². The number of halogens is 2. The summed E-state index contributed by atoms with van der Waals surface area (Å²) in [6.07, 6.45) is 1.49. The van der Waals surface area contributed by atoms with Crippen molar-refractivity contribution in [3.63, 3.8) is 0 Å². The van der Waals surface area contributed by atoms with Crippen molar-refractivity contribution in [3.8, 4) is 5.69 Å². The smallest absolute Gasteiger partial charge is 0.317 e. The van der Waals surface area contributed by atoms with Crippen LogP contribution in [-0.2, 0) is 9.59 Å². The van der Waals surface area contributed by atoms with Crippen molar-refractivity contribution >= 4 is 46.9 Å². The van der Waals surface area contributed by atoms with E-state index in [0.29, 0.717) is 15.7 Å². The van der Waals surface area contributed by atoms with E-state index >= 15 is 0 Å². The van der Waals surface area contributed by atoms with Gasteiger partial charge in [0.15, 0.2) is 0 Å². The molecule has 30 heavy (non-hydrogen) atoms. The second-order valence-corrected chi connectivity index (χ2v) is 7.57. The lowest BCUT2D eigenvalue weighted by atomic mass is 10.2. The largest absolute Gasteiger partial charge is 0.329 e. The number of nitrogens with zero attached hydrogens (tertiary/aromatic N) is 2. The van der Waals surface area contributed by atoms with Gasteiger partial charge in [0, 0.05) is 27.7 Å². The maximum Gasteiger partial charge on any atom is 0.329 e. The quantitative estimate of drug-likeness (QED) is 0.345. The summed E-state index contributed by atoms with van der Waals surface area (Å²) in [6.45, 7) is 5.66. The third kappa shape index (κ3) is 4.72. The molecule has 0 unspecified atom stereocenters. The normalized spacial score (nSPS) is 11.0. The van der Waals surface area contributed by atoms with Gasteiger partial charge in [-0.3, -0.25) is 9.59 Å². The van der Waals surface area contributed by atoms with Gasteiger partial charge in [-0.05, 0) is 62.7 Å². The highest BCUT2D eigenvalue weighted by atomic mass is 35.5. The molecule has 1 heterocycles. The summed E-state index contributed by atoms with van der Waals surface area (Å²) < 4.78 is 2.00. The van der Waals surface area contributed by atoms with Crippen LogP contribution in [0.4, 0.5) is 5.69 Å². The molecule has 0 saturated heterocycles. The van der Waals surface area contributed by atoms with Crippen LogP contribution >= 0.6 is 23.2 Å². The first-order valence-corrected chi connectivity index (χ1v) is 9.88. The lowest BCUT2D eigenvalue weighted by Crippen LogP contribution is -2.32. The van der Waals surface area contributed by atoms with Crippen molar-refractivity contribution in [2.24, 2.45) is 5.10 Å². The molecule has 0 aliphatic carbocycles. The van der Waals surface area contributed by atoms with Crippen LogP contribution in [0.25, 0.3) is 5.69 Å². The van der Waals surface area contributed by atoms with Gasteiger partial charge in [0.05, 0.1) is 16.9 Å². The van der Waals surface area contributed by atoms with Crippen molar-refractivity contribution in [2.75, 3.05) is 5.32 Å². The summed E-state index contributed by atoms with van der Waals surface area (Å²) in [4.78, 5) is 24.1. The van der Waals surface area contributed by atoms with Gasteiger partial charge in [-0.1, -0.05) is 35.3 Å². The Balaban J connectivity index is 1.69. The number of benzene rings is 2. The summed E-state index contributed by atoms with van der Waals surface area (Å²) in [6, 6.07) is 14.4. The zero-order valence-corrected chi connectivity index (χ0v) is 18.2. The Hall–Kier alpha value is -3.09. The molecule has 0 aliphatic rings. The van der Waals surface area contributed by atoms with E-state index in [2.05, 4.69) is 15.8 Å². The predicted molar refractivity (Wildman–Crippen MR) is 121 cm³/mol. The Labute approximate surface area is 184 Å². The number of aromatic nitrogens is 1. The van der Waals surface area contributed by atoms with Gasteiger partial charge in [-0.2, -0.15) is 5.10 Å². The third-order valence-electron chi connectivity index (χ3n) is 4.58. The molecule has 3 rings (SSSR count). The number of hydrogen-bond donors (Lipinski definition) is 2. The maximum absolute atomic E-state index is 12.1. The van der Waals surface area contributed by atoms with Gasteiger partial charge < -0.3 is 9.88 Å². The maximum atomic E-state index is 12.1. The number of hydrogen-bond acceptors (Lipinski definition) is 3. The molecule has 0 bridgehead atoms. The second-order valence-electron chi connectivity index (χ2n) is 6.73. The van der Waals surface area contributed by atoms with Gasteiger partial charge in [-0.15, -0.1) is 0 Å². The van der Waals surface area contributed by atoms with Crippen LogP contribution in [0.1, 0.15) is 22.5 Å². The van der Waals surface area contributed by atoms with E-state index in [-0.39, 0.29) is 0 Å². The Bertz CT molecular complexity index is 1150. The molecule has 0 spiro atoms. The minimum Gasteiger partial charge on any atom is -0.317 e. The lowest BCUT2D eigenvalue weighted by Gasteiger charge is -2.11. The summed E-state index contributed by atoms with van der Waals surface area (Å²) in [7, 11) is 0. The molecule has 8 heteroatoms. The number of rotatable bonds is 4. The Kier molecular flexibility index (Phi) is 6.59. The highest BCUT2D eigenvalue weighted by Crippen LogP contribution is 2.25. The predicted octanol–water partition coefficient (Wildman–Crippen LogP) is 4.80. The van der Waals surface area contributed by atoms with Crippen LogP contribution in [0.3, 0.4) is 0 Å². The number of aryl methyl sites for hydroxylation is 2. The zero-order chi connectivity index (χ0) is 21.8. The fourth-order valence-corrected chi connectivity index (χ4v) is 3.53. The molecular weight excluding hydrogens is 423 g/mol. The molecule has 2 aromatic carbocycles. The van der Waals surface area contributed by atoms with E-state index in [1.165, 1.54) is 6.21 Å². The monoisotopic (exact) mass is 442 g/mol. The highest BCUT2D eigenvalue weighted by molar-refractivity contribution is 6.39. The highest BCUT2D eigenvalue weighted by Gasteiger charge is 2.15. The second kappa shape index (κ2) is 9.15. The number of nitrogens with one attached hydrogen (secondary N) is 2. The van der Waals surface area contributed by atoms with Crippen LogP contribution in [0.5, 0.6) is 0 Å². The Morgan fingerprint density at radius 2 is 1.73 bits per heavy atom. The van der Waals surface area contributed by atoms with E-state index in [1.807, 2.05) is 48.7 Å². The Morgan fingerprint density at radius 1 is 1.00 bits per heavy atom. The van der Waals surface area contributed by atoms with Crippen molar-refractivity contribution in [1.29, 1.82) is 0 Å². The molecule has 0 aliphatic heterocycles. The molecule has 0 radical (unpaired) electrons. The van der Waals surface area contributed by atoms with Gasteiger partial charge in [0.1, 0.15) is 0 Å². The molecule has 154 valence electrons. The van der Waals surface area contributed by atoms with E-state index in [9.17, 15) is 9.59 Å². The standard InChI is InChI=1S/C22H20Cl2N4O2/c1-13-10-17(23)8-9-19(13)26-21(29)22(30)27-25-12-16-11-14(2)28(15(16)3)20-7-5-4-6-18(20)24/h4-12H,1-3H3,(H,26,29)(H,27,30)/b25-12-. The van der Waals surface area contributed by atoms with Gasteiger partial charge >= 0.3 is 11.8 Å². The average Bonchev–Trinajstić information content (AvgIpc) is 2.97. The number of hydrazone groups is 1. The number of para-hydroxylation sites is 1. The van der Waals surface area contributed by atoms with Crippen molar-refractivity contribution < 1.29 is 9.59 Å². The zero-order valence-electron chi connectivity index (χ0n) is 16.7. The molecule has 0 atom stereocenters. The van der Waals surface area contributed by atoms with Gasteiger partial charge in [-0.25, -0.2) is 5.43 Å². The van der Waals surface area contributed by atoms with Crippen LogP contribution < -0.4 is 10.7 Å². The lowest BCUT2D eigenvalue weighted by molar-refractivity contribution is -0.136. The summed E-state index contributed by atoms with van der Waals surface area (Å²) >= 11 is 12.2. The van der Waals surface area contributed by atoms with E-state index in [4.69, 9.17) is 23.2 Å². The molecule has 3 aromatic rings. The van der Waals surface area contributed by atoms with Gasteiger partial charge in [0.2, 0.25) is 0 Å². The average molecular weight is 443 g/mol. The fraction of sp³-hybridized carbons (Fsp3) is 0.136.